The van der Waals surface area contributed by atoms with Crippen LogP contribution in [0.2, 0.25) is 0 Å². The number of hydrogen-bond acceptors (Lipinski definition) is 6. The minimum Gasteiger partial charge on any atom is -0.419 e. The van der Waals surface area contributed by atoms with Crippen molar-refractivity contribution in [2.45, 2.75) is 13.0 Å². The van der Waals surface area contributed by atoms with E-state index in [9.17, 15) is 5.26 Å². The van der Waals surface area contributed by atoms with Gasteiger partial charge in [-0.3, -0.25) is 4.90 Å². The highest BCUT2D eigenvalue weighted by atomic mass is 16.5. The zero-order chi connectivity index (χ0) is 20.1. The Morgan fingerprint density at radius 3 is 2.52 bits per heavy atom. The van der Waals surface area contributed by atoms with Crippen molar-refractivity contribution in [1.29, 1.82) is 5.26 Å². The van der Waals surface area contributed by atoms with Crippen LogP contribution in [0.25, 0.3) is 11.5 Å². The van der Waals surface area contributed by atoms with Crippen LogP contribution in [-0.4, -0.2) is 42.7 Å². The van der Waals surface area contributed by atoms with Crippen LogP contribution in [0.3, 0.4) is 0 Å². The molecule has 0 saturated carbocycles. The standard InChI is InChI=1S/C23H24N4O2/c1-17-7-9-18(10-8-17)21(27-11-13-28-14-12-27)16-25-23-20(15-24)26-22(29-23)19-5-3-2-4-6-19/h2-10,21,25H,11-14,16H2,1H3/t21-/m0/s1. The zero-order valence-corrected chi connectivity index (χ0v) is 16.5. The molecule has 1 aliphatic heterocycles. The summed E-state index contributed by atoms with van der Waals surface area (Å²) in [4.78, 5) is 6.75. The predicted molar refractivity (Wildman–Crippen MR) is 111 cm³/mol. The Kier molecular flexibility index (Phi) is 5.89. The Bertz CT molecular complexity index is 970. The zero-order valence-electron chi connectivity index (χ0n) is 16.5. The molecule has 6 heteroatoms. The number of anilines is 1. The first kappa shape index (κ1) is 19.2. The van der Waals surface area contributed by atoms with E-state index in [2.05, 4.69) is 52.5 Å². The van der Waals surface area contributed by atoms with E-state index in [-0.39, 0.29) is 11.7 Å². The summed E-state index contributed by atoms with van der Waals surface area (Å²) >= 11 is 0. The van der Waals surface area contributed by atoms with E-state index < -0.39 is 0 Å². The number of nitriles is 1. The molecule has 1 aliphatic rings. The van der Waals surface area contributed by atoms with Crippen LogP contribution in [0.4, 0.5) is 5.88 Å². The molecule has 2 heterocycles. The van der Waals surface area contributed by atoms with Crippen molar-refractivity contribution < 1.29 is 9.15 Å². The first-order valence-corrected chi connectivity index (χ1v) is 9.83. The van der Waals surface area contributed by atoms with Gasteiger partial charge in [0.2, 0.25) is 17.5 Å². The van der Waals surface area contributed by atoms with E-state index in [0.717, 1.165) is 31.9 Å². The summed E-state index contributed by atoms with van der Waals surface area (Å²) in [5.41, 5.74) is 3.58. The summed E-state index contributed by atoms with van der Waals surface area (Å²) < 4.78 is 11.4. The van der Waals surface area contributed by atoms with Crippen LogP contribution < -0.4 is 5.32 Å². The molecule has 0 bridgehead atoms. The molecular formula is C23H24N4O2. The molecule has 2 aromatic carbocycles. The first-order chi connectivity index (χ1) is 14.2. The molecule has 1 N–H and O–H groups in total. The molecule has 6 nitrogen and oxygen atoms in total. The van der Waals surface area contributed by atoms with Crippen LogP contribution in [0.5, 0.6) is 0 Å². The van der Waals surface area contributed by atoms with E-state index in [1.54, 1.807) is 0 Å². The number of hydrogen-bond donors (Lipinski definition) is 1. The van der Waals surface area contributed by atoms with Crippen molar-refractivity contribution in [3.05, 3.63) is 71.4 Å². The Morgan fingerprint density at radius 2 is 1.83 bits per heavy atom. The van der Waals surface area contributed by atoms with Gasteiger partial charge < -0.3 is 14.5 Å². The van der Waals surface area contributed by atoms with Gasteiger partial charge in [-0.25, -0.2) is 0 Å². The first-order valence-electron chi connectivity index (χ1n) is 9.83. The van der Waals surface area contributed by atoms with E-state index in [1.165, 1.54) is 11.1 Å². The molecule has 148 valence electrons. The molecule has 0 unspecified atom stereocenters. The maximum absolute atomic E-state index is 9.50. The number of rotatable bonds is 6. The minimum absolute atomic E-state index is 0.149. The number of aryl methyl sites for hydroxylation is 1. The van der Waals surface area contributed by atoms with Crippen LogP contribution in [-0.2, 0) is 4.74 Å². The monoisotopic (exact) mass is 388 g/mol. The third kappa shape index (κ3) is 4.48. The largest absolute Gasteiger partial charge is 0.419 e. The number of aromatic nitrogens is 1. The van der Waals surface area contributed by atoms with E-state index in [0.29, 0.717) is 18.3 Å². The summed E-state index contributed by atoms with van der Waals surface area (Å²) in [7, 11) is 0. The maximum Gasteiger partial charge on any atom is 0.232 e. The number of nitrogens with zero attached hydrogens (tertiary/aromatic N) is 3. The van der Waals surface area contributed by atoms with E-state index in [1.807, 2.05) is 30.3 Å². The molecule has 29 heavy (non-hydrogen) atoms. The second-order valence-electron chi connectivity index (χ2n) is 7.13. The van der Waals surface area contributed by atoms with Crippen molar-refractivity contribution in [2.24, 2.45) is 0 Å². The molecule has 4 rings (SSSR count). The molecule has 1 aromatic heterocycles. The van der Waals surface area contributed by atoms with Gasteiger partial charge >= 0.3 is 0 Å². The molecule has 3 aromatic rings. The van der Waals surface area contributed by atoms with Crippen molar-refractivity contribution in [3.63, 3.8) is 0 Å². The van der Waals surface area contributed by atoms with Gasteiger partial charge in [-0.15, -0.1) is 0 Å². The molecule has 1 saturated heterocycles. The Labute approximate surface area is 170 Å². The van der Waals surface area contributed by atoms with E-state index in [4.69, 9.17) is 9.15 Å². The Morgan fingerprint density at radius 1 is 1.10 bits per heavy atom. The van der Waals surface area contributed by atoms with Gasteiger partial charge in [-0.2, -0.15) is 10.2 Å². The predicted octanol–water partition coefficient (Wildman–Crippen LogP) is 4.01. The second-order valence-corrected chi connectivity index (χ2v) is 7.13. The quantitative estimate of drug-likeness (QED) is 0.688. The van der Waals surface area contributed by atoms with Gasteiger partial charge in [0.15, 0.2) is 0 Å². The SMILES string of the molecule is Cc1ccc([C@H](CNc2oc(-c3ccccc3)nc2C#N)N2CCOCC2)cc1. The number of oxazole rings is 1. The lowest BCUT2D eigenvalue weighted by Crippen LogP contribution is -2.41. The molecule has 0 spiro atoms. The van der Waals surface area contributed by atoms with Gasteiger partial charge in [0, 0.05) is 25.2 Å². The normalized spacial score (nSPS) is 15.6. The highest BCUT2D eigenvalue weighted by molar-refractivity contribution is 5.58. The Hall–Kier alpha value is -3.14. The lowest BCUT2D eigenvalue weighted by atomic mass is 10.0. The van der Waals surface area contributed by atoms with Gasteiger partial charge in [0.1, 0.15) is 6.07 Å². The molecule has 1 fully saturated rings. The summed E-state index contributed by atoms with van der Waals surface area (Å²) in [6.07, 6.45) is 0. The number of nitrogens with one attached hydrogen (secondary N) is 1. The summed E-state index contributed by atoms with van der Waals surface area (Å²) in [6.45, 7) is 5.90. The number of morpholine rings is 1. The van der Waals surface area contributed by atoms with Gasteiger partial charge in [-0.1, -0.05) is 48.0 Å². The smallest absolute Gasteiger partial charge is 0.232 e. The van der Waals surface area contributed by atoms with Gasteiger partial charge in [0.05, 0.1) is 19.3 Å². The number of benzene rings is 2. The van der Waals surface area contributed by atoms with Crippen LogP contribution in [0.1, 0.15) is 22.9 Å². The third-order valence-electron chi connectivity index (χ3n) is 5.16. The molecule has 1 atom stereocenters. The average Bonchev–Trinajstić information content (AvgIpc) is 3.20. The highest BCUT2D eigenvalue weighted by Gasteiger charge is 2.24. The fourth-order valence-electron chi connectivity index (χ4n) is 3.54. The van der Waals surface area contributed by atoms with Gasteiger partial charge in [0.25, 0.3) is 0 Å². The topological polar surface area (TPSA) is 74.3 Å². The molecular weight excluding hydrogens is 364 g/mol. The fraction of sp³-hybridized carbons (Fsp3) is 0.304. The highest BCUT2D eigenvalue weighted by Crippen LogP contribution is 2.27. The van der Waals surface area contributed by atoms with Crippen molar-refractivity contribution in [2.75, 3.05) is 38.2 Å². The van der Waals surface area contributed by atoms with Crippen LogP contribution in [0.15, 0.2) is 59.0 Å². The summed E-state index contributed by atoms with van der Waals surface area (Å²) in [5, 5.41) is 12.8. The molecule has 0 amide bonds. The minimum atomic E-state index is 0.149. The third-order valence-corrected chi connectivity index (χ3v) is 5.16. The van der Waals surface area contributed by atoms with Crippen LogP contribution >= 0.6 is 0 Å². The second kappa shape index (κ2) is 8.91. The maximum atomic E-state index is 9.50. The lowest BCUT2D eigenvalue weighted by Gasteiger charge is -2.35. The lowest BCUT2D eigenvalue weighted by molar-refractivity contribution is 0.0186. The molecule has 0 aliphatic carbocycles. The summed E-state index contributed by atoms with van der Waals surface area (Å²) in [6, 6.07) is 20.5. The molecule has 0 radical (unpaired) electrons. The van der Waals surface area contributed by atoms with Crippen molar-refractivity contribution in [1.82, 2.24) is 9.88 Å². The fourth-order valence-corrected chi connectivity index (χ4v) is 3.54. The van der Waals surface area contributed by atoms with Gasteiger partial charge in [-0.05, 0) is 24.6 Å². The summed E-state index contributed by atoms with van der Waals surface area (Å²) in [5.74, 6) is 0.861. The van der Waals surface area contributed by atoms with Crippen molar-refractivity contribution in [3.8, 4) is 17.5 Å². The number of ether oxygens (including phenoxy) is 1. The average molecular weight is 388 g/mol. The Balaban J connectivity index is 1.56. The van der Waals surface area contributed by atoms with Crippen molar-refractivity contribution >= 4 is 5.88 Å². The van der Waals surface area contributed by atoms with E-state index >= 15 is 0 Å². The van der Waals surface area contributed by atoms with Crippen LogP contribution in [0, 0.1) is 18.3 Å².